The topological polar surface area (TPSA) is 139 Å². The van der Waals surface area contributed by atoms with Crippen molar-refractivity contribution < 1.29 is 9.72 Å². The summed E-state index contributed by atoms with van der Waals surface area (Å²) in [5.74, 6) is -0.382. The number of nitrogens with zero attached hydrogens (tertiary/aromatic N) is 3. The Bertz CT molecular complexity index is 1010. The Hall–Kier alpha value is -3.43. The van der Waals surface area contributed by atoms with Crippen LogP contribution in [0.5, 0.6) is 0 Å². The number of anilines is 1. The van der Waals surface area contributed by atoms with E-state index in [0.29, 0.717) is 22.4 Å². The maximum absolute atomic E-state index is 12.1. The van der Waals surface area contributed by atoms with Gasteiger partial charge in [0.1, 0.15) is 17.9 Å². The minimum Gasteiger partial charge on any atom is -0.324 e. The molecule has 0 saturated carbocycles. The van der Waals surface area contributed by atoms with E-state index in [-0.39, 0.29) is 29.5 Å². The third-order valence-corrected chi connectivity index (χ3v) is 3.62. The number of imidazole rings is 1. The molecular weight excluding hydrogens is 316 g/mol. The molecule has 3 N–H and O–H groups in total. The van der Waals surface area contributed by atoms with E-state index in [4.69, 9.17) is 0 Å². The van der Waals surface area contributed by atoms with Crippen molar-refractivity contribution in [1.29, 1.82) is 0 Å². The van der Waals surface area contributed by atoms with Crippen LogP contribution in [0, 0.1) is 24.0 Å². The van der Waals surface area contributed by atoms with Crippen LogP contribution in [0.1, 0.15) is 11.4 Å². The molecule has 10 nitrogen and oxygen atoms in total. The molecule has 0 aliphatic heterocycles. The lowest BCUT2D eigenvalue weighted by Gasteiger charge is -2.06. The zero-order valence-electron chi connectivity index (χ0n) is 12.9. The Labute approximate surface area is 134 Å². The van der Waals surface area contributed by atoms with Crippen LogP contribution < -0.4 is 11.0 Å². The SMILES string of the molecule is Cc1nn(CC(=O)Nc2ccc3[nH]c(=O)[nH]c3c2)c(C)c1[N+](=O)[O-]. The van der Waals surface area contributed by atoms with E-state index >= 15 is 0 Å². The average Bonchev–Trinajstić information content (AvgIpc) is 2.97. The van der Waals surface area contributed by atoms with E-state index in [9.17, 15) is 19.7 Å². The van der Waals surface area contributed by atoms with Gasteiger partial charge in [-0.25, -0.2) is 4.79 Å². The number of carbonyl (C=O) groups excluding carboxylic acids is 1. The van der Waals surface area contributed by atoms with Crippen molar-refractivity contribution in [1.82, 2.24) is 19.7 Å². The van der Waals surface area contributed by atoms with Crippen molar-refractivity contribution >= 4 is 28.3 Å². The molecule has 0 radical (unpaired) electrons. The van der Waals surface area contributed by atoms with Gasteiger partial charge >= 0.3 is 11.4 Å². The van der Waals surface area contributed by atoms with Crippen molar-refractivity contribution in [3.05, 3.63) is 50.2 Å². The van der Waals surface area contributed by atoms with Crippen molar-refractivity contribution in [3.63, 3.8) is 0 Å². The fourth-order valence-corrected chi connectivity index (χ4v) is 2.55. The van der Waals surface area contributed by atoms with Crippen LogP contribution in [0.3, 0.4) is 0 Å². The first-order valence-electron chi connectivity index (χ1n) is 7.05. The zero-order valence-corrected chi connectivity index (χ0v) is 12.9. The van der Waals surface area contributed by atoms with Crippen LogP contribution in [0.2, 0.25) is 0 Å². The lowest BCUT2D eigenvalue weighted by Crippen LogP contribution is -2.20. The third kappa shape index (κ3) is 2.76. The molecular formula is C14H14N6O4. The number of fused-ring (bicyclic) bond motifs is 1. The van der Waals surface area contributed by atoms with Crippen LogP contribution in [-0.2, 0) is 11.3 Å². The first kappa shape index (κ1) is 15.5. The predicted octanol–water partition coefficient (Wildman–Crippen LogP) is 1.22. The van der Waals surface area contributed by atoms with Gasteiger partial charge in [0.2, 0.25) is 5.91 Å². The second kappa shape index (κ2) is 5.65. The molecule has 3 aromatic rings. The molecule has 1 aromatic carbocycles. The average molecular weight is 330 g/mol. The molecule has 2 heterocycles. The number of nitro groups is 1. The maximum Gasteiger partial charge on any atom is 0.323 e. The molecule has 0 aliphatic rings. The Kier molecular flexibility index (Phi) is 3.64. The molecule has 0 unspecified atom stereocenters. The Morgan fingerprint density at radius 1 is 1.33 bits per heavy atom. The number of rotatable bonds is 4. The van der Waals surface area contributed by atoms with Crippen LogP contribution in [-0.4, -0.2) is 30.6 Å². The second-order valence-corrected chi connectivity index (χ2v) is 5.32. The molecule has 0 aliphatic carbocycles. The van der Waals surface area contributed by atoms with Gasteiger partial charge in [-0.3, -0.25) is 19.6 Å². The third-order valence-electron chi connectivity index (χ3n) is 3.62. The molecule has 0 bridgehead atoms. The number of H-pyrrole nitrogens is 2. The normalized spacial score (nSPS) is 10.9. The van der Waals surface area contributed by atoms with Crippen molar-refractivity contribution in [2.45, 2.75) is 20.4 Å². The molecule has 10 heteroatoms. The number of nitrogens with one attached hydrogen (secondary N) is 3. The second-order valence-electron chi connectivity index (χ2n) is 5.32. The summed E-state index contributed by atoms with van der Waals surface area (Å²) in [7, 11) is 0. The van der Waals surface area contributed by atoms with Gasteiger partial charge in [-0.2, -0.15) is 5.10 Å². The number of hydrogen-bond acceptors (Lipinski definition) is 5. The fourth-order valence-electron chi connectivity index (χ4n) is 2.55. The van der Waals surface area contributed by atoms with Gasteiger partial charge in [-0.1, -0.05) is 0 Å². The maximum atomic E-state index is 12.1. The number of aromatic nitrogens is 4. The zero-order chi connectivity index (χ0) is 17.4. The van der Waals surface area contributed by atoms with Crippen LogP contribution in [0.4, 0.5) is 11.4 Å². The van der Waals surface area contributed by atoms with Crippen LogP contribution in [0.25, 0.3) is 11.0 Å². The van der Waals surface area contributed by atoms with Crippen LogP contribution >= 0.6 is 0 Å². The van der Waals surface area contributed by atoms with Gasteiger partial charge in [0.05, 0.1) is 16.0 Å². The van der Waals surface area contributed by atoms with Gasteiger partial charge < -0.3 is 15.3 Å². The van der Waals surface area contributed by atoms with Gasteiger partial charge in [0.15, 0.2) is 0 Å². The quantitative estimate of drug-likeness (QED) is 0.487. The van der Waals surface area contributed by atoms with E-state index in [2.05, 4.69) is 20.4 Å². The Morgan fingerprint density at radius 2 is 2.04 bits per heavy atom. The van der Waals surface area contributed by atoms with E-state index in [0.717, 1.165) is 0 Å². The first-order valence-corrected chi connectivity index (χ1v) is 7.05. The highest BCUT2D eigenvalue weighted by Gasteiger charge is 2.22. The number of aryl methyl sites for hydroxylation is 1. The molecule has 24 heavy (non-hydrogen) atoms. The number of benzene rings is 1. The lowest BCUT2D eigenvalue weighted by molar-refractivity contribution is -0.386. The largest absolute Gasteiger partial charge is 0.324 e. The summed E-state index contributed by atoms with van der Waals surface area (Å²) < 4.78 is 1.29. The predicted molar refractivity (Wildman–Crippen MR) is 85.9 cm³/mol. The molecule has 0 saturated heterocycles. The summed E-state index contributed by atoms with van der Waals surface area (Å²) >= 11 is 0. The fraction of sp³-hybridized carbons (Fsp3) is 0.214. The highest BCUT2D eigenvalue weighted by atomic mass is 16.6. The summed E-state index contributed by atoms with van der Waals surface area (Å²) in [6.45, 7) is 2.92. The number of carbonyl (C=O) groups is 1. The van der Waals surface area contributed by atoms with E-state index in [1.54, 1.807) is 25.1 Å². The molecule has 0 spiro atoms. The molecule has 0 atom stereocenters. The summed E-state index contributed by atoms with van der Waals surface area (Å²) in [6, 6.07) is 4.93. The lowest BCUT2D eigenvalue weighted by atomic mass is 10.2. The summed E-state index contributed by atoms with van der Waals surface area (Å²) in [6.07, 6.45) is 0. The molecule has 124 valence electrons. The van der Waals surface area contributed by atoms with Gasteiger partial charge in [0, 0.05) is 5.69 Å². The molecule has 2 aromatic heterocycles. The molecule has 0 fully saturated rings. The highest BCUT2D eigenvalue weighted by Crippen LogP contribution is 2.22. The highest BCUT2D eigenvalue weighted by molar-refractivity contribution is 5.92. The minimum absolute atomic E-state index is 0.0888. The summed E-state index contributed by atoms with van der Waals surface area (Å²) in [5, 5.41) is 17.7. The van der Waals surface area contributed by atoms with Gasteiger partial charge in [-0.05, 0) is 32.0 Å². The van der Waals surface area contributed by atoms with Gasteiger partial charge in [0.25, 0.3) is 0 Å². The molecule has 1 amide bonds. The Balaban J connectivity index is 1.78. The van der Waals surface area contributed by atoms with Gasteiger partial charge in [-0.15, -0.1) is 0 Å². The summed E-state index contributed by atoms with van der Waals surface area (Å²) in [4.78, 5) is 39.0. The number of amides is 1. The Morgan fingerprint density at radius 3 is 2.71 bits per heavy atom. The van der Waals surface area contributed by atoms with Crippen molar-refractivity contribution in [2.24, 2.45) is 0 Å². The smallest absolute Gasteiger partial charge is 0.323 e. The number of hydrogen-bond donors (Lipinski definition) is 3. The molecule has 3 rings (SSSR count). The monoisotopic (exact) mass is 330 g/mol. The minimum atomic E-state index is -0.512. The number of aromatic amines is 2. The van der Waals surface area contributed by atoms with Crippen molar-refractivity contribution in [2.75, 3.05) is 5.32 Å². The van der Waals surface area contributed by atoms with E-state index in [1.165, 1.54) is 11.6 Å². The summed E-state index contributed by atoms with van der Waals surface area (Å²) in [5.41, 5.74) is 1.86. The van der Waals surface area contributed by atoms with Crippen LogP contribution in [0.15, 0.2) is 23.0 Å². The van der Waals surface area contributed by atoms with Crippen molar-refractivity contribution in [3.8, 4) is 0 Å². The standard InChI is InChI=1S/C14H14N6O4/c1-7-13(20(23)24)8(2)19(18-7)6-12(21)15-9-3-4-10-11(5-9)17-14(22)16-10/h3-5H,6H2,1-2H3,(H,15,21)(H2,16,17,22). The first-order chi connectivity index (χ1) is 11.3. The van der Waals surface area contributed by atoms with E-state index < -0.39 is 4.92 Å². The van der Waals surface area contributed by atoms with E-state index in [1.807, 2.05) is 0 Å².